The summed E-state index contributed by atoms with van der Waals surface area (Å²) in [5.74, 6) is 0. The van der Waals surface area contributed by atoms with Crippen molar-refractivity contribution in [2.45, 2.75) is 6.54 Å². The van der Waals surface area contributed by atoms with Crippen molar-refractivity contribution in [2.24, 2.45) is 0 Å². The summed E-state index contributed by atoms with van der Waals surface area (Å²) in [4.78, 5) is 0. The molecule has 0 saturated heterocycles. The van der Waals surface area contributed by atoms with E-state index in [1.54, 1.807) is 23.1 Å². The molecule has 1 aromatic carbocycles. The van der Waals surface area contributed by atoms with Crippen LogP contribution in [0.3, 0.4) is 0 Å². The Labute approximate surface area is 110 Å². The van der Waals surface area contributed by atoms with E-state index in [2.05, 4.69) is 17.0 Å². The van der Waals surface area contributed by atoms with Crippen molar-refractivity contribution in [3.8, 4) is 0 Å². The van der Waals surface area contributed by atoms with Gasteiger partial charge in [0, 0.05) is 40.2 Å². The fourth-order valence-corrected chi connectivity index (χ4v) is 1.95. The topological polar surface area (TPSA) is 29.9 Å². The van der Waals surface area contributed by atoms with Crippen molar-refractivity contribution in [3.63, 3.8) is 0 Å². The van der Waals surface area contributed by atoms with E-state index in [0.717, 1.165) is 11.3 Å². The minimum atomic E-state index is 0.613. The Kier molecular flexibility index (Phi) is 3.71. The minimum Gasteiger partial charge on any atom is -0.381 e. The van der Waals surface area contributed by atoms with E-state index in [1.807, 2.05) is 18.3 Å². The Morgan fingerprint density at radius 3 is 2.59 bits per heavy atom. The van der Waals surface area contributed by atoms with Crippen LogP contribution in [0.4, 0.5) is 5.69 Å². The zero-order chi connectivity index (χ0) is 12.3. The molecule has 1 N–H and O–H groups in total. The number of aromatic nitrogens is 2. The van der Waals surface area contributed by atoms with Crippen LogP contribution in [0.1, 0.15) is 5.56 Å². The van der Waals surface area contributed by atoms with Gasteiger partial charge in [0.15, 0.2) is 0 Å². The smallest absolute Gasteiger partial charge is 0.0543 e. The molecule has 88 valence electrons. The normalized spacial score (nSPS) is 10.2. The van der Waals surface area contributed by atoms with Crippen LogP contribution in [0.15, 0.2) is 37.2 Å². The number of hydrogen-bond donors (Lipinski definition) is 1. The Balaban J connectivity index is 2.04. The van der Waals surface area contributed by atoms with Crippen LogP contribution in [0.2, 0.25) is 10.0 Å². The molecule has 1 heterocycles. The molecular formula is C12H11Cl2N3. The van der Waals surface area contributed by atoms with Crippen molar-refractivity contribution in [2.75, 3.05) is 5.32 Å². The molecule has 3 nitrogen and oxygen atoms in total. The van der Waals surface area contributed by atoms with Crippen molar-refractivity contribution in [3.05, 3.63) is 52.8 Å². The third-order valence-electron chi connectivity index (χ3n) is 2.20. The maximum absolute atomic E-state index is 5.90. The summed E-state index contributed by atoms with van der Waals surface area (Å²) in [7, 11) is 0. The molecule has 1 aromatic heterocycles. The van der Waals surface area contributed by atoms with Gasteiger partial charge < -0.3 is 5.32 Å². The summed E-state index contributed by atoms with van der Waals surface area (Å²) in [5.41, 5.74) is 1.94. The summed E-state index contributed by atoms with van der Waals surface area (Å²) in [5, 5.41) is 8.54. The lowest BCUT2D eigenvalue weighted by molar-refractivity contribution is 0.936. The Morgan fingerprint density at radius 1 is 1.29 bits per heavy atom. The SMILES string of the molecule is C=Cn1cc(CNc2cc(Cl)cc(Cl)c2)cn1. The summed E-state index contributed by atoms with van der Waals surface area (Å²) in [6.07, 6.45) is 5.31. The molecule has 0 aliphatic carbocycles. The van der Waals surface area contributed by atoms with Gasteiger partial charge in [0.2, 0.25) is 0 Å². The number of halogens is 2. The summed E-state index contributed by atoms with van der Waals surface area (Å²) >= 11 is 11.8. The number of anilines is 1. The second-order valence-electron chi connectivity index (χ2n) is 3.52. The van der Waals surface area contributed by atoms with Gasteiger partial charge in [-0.2, -0.15) is 5.10 Å². The van der Waals surface area contributed by atoms with E-state index in [-0.39, 0.29) is 0 Å². The van der Waals surface area contributed by atoms with Gasteiger partial charge in [-0.15, -0.1) is 0 Å². The number of hydrogen-bond acceptors (Lipinski definition) is 2. The van der Waals surface area contributed by atoms with Gasteiger partial charge in [-0.3, -0.25) is 0 Å². The van der Waals surface area contributed by atoms with Gasteiger partial charge in [-0.25, -0.2) is 4.68 Å². The second-order valence-corrected chi connectivity index (χ2v) is 4.40. The van der Waals surface area contributed by atoms with E-state index in [1.165, 1.54) is 0 Å². The first-order valence-electron chi connectivity index (χ1n) is 5.03. The maximum Gasteiger partial charge on any atom is 0.0543 e. The van der Waals surface area contributed by atoms with Crippen molar-refractivity contribution in [1.82, 2.24) is 9.78 Å². The highest BCUT2D eigenvalue weighted by Crippen LogP contribution is 2.22. The highest BCUT2D eigenvalue weighted by Gasteiger charge is 2.00. The van der Waals surface area contributed by atoms with Crippen LogP contribution in [0, 0.1) is 0 Å². The average Bonchev–Trinajstić information content (AvgIpc) is 2.73. The summed E-state index contributed by atoms with van der Waals surface area (Å²) < 4.78 is 1.65. The van der Waals surface area contributed by atoms with Crippen molar-refractivity contribution >= 4 is 35.1 Å². The monoisotopic (exact) mass is 267 g/mol. The molecule has 0 aliphatic rings. The molecule has 5 heteroatoms. The molecule has 0 fully saturated rings. The Bertz CT molecular complexity index is 514. The van der Waals surface area contributed by atoms with E-state index >= 15 is 0 Å². The highest BCUT2D eigenvalue weighted by molar-refractivity contribution is 6.35. The molecule has 0 bridgehead atoms. The van der Waals surface area contributed by atoms with Gasteiger partial charge in [-0.05, 0) is 18.2 Å². The van der Waals surface area contributed by atoms with Crippen molar-refractivity contribution in [1.29, 1.82) is 0 Å². The fraction of sp³-hybridized carbons (Fsp3) is 0.0833. The molecule has 2 rings (SSSR count). The van der Waals surface area contributed by atoms with E-state index in [0.29, 0.717) is 16.6 Å². The zero-order valence-electron chi connectivity index (χ0n) is 9.03. The predicted molar refractivity (Wildman–Crippen MR) is 72.4 cm³/mol. The number of nitrogens with zero attached hydrogens (tertiary/aromatic N) is 2. The lowest BCUT2D eigenvalue weighted by Crippen LogP contribution is -1.98. The largest absolute Gasteiger partial charge is 0.381 e. The first-order valence-corrected chi connectivity index (χ1v) is 5.78. The Morgan fingerprint density at radius 2 is 2.00 bits per heavy atom. The summed E-state index contributed by atoms with van der Waals surface area (Å²) in [6, 6.07) is 5.35. The lowest BCUT2D eigenvalue weighted by Gasteiger charge is -2.05. The Hall–Kier alpha value is -1.45. The fourth-order valence-electron chi connectivity index (χ4n) is 1.43. The van der Waals surface area contributed by atoms with Gasteiger partial charge in [-0.1, -0.05) is 29.8 Å². The molecule has 2 aromatic rings. The minimum absolute atomic E-state index is 0.613. The molecule has 0 spiro atoms. The zero-order valence-corrected chi connectivity index (χ0v) is 10.5. The lowest BCUT2D eigenvalue weighted by atomic mass is 10.3. The first-order chi connectivity index (χ1) is 8.17. The molecule has 0 saturated carbocycles. The number of rotatable bonds is 4. The highest BCUT2D eigenvalue weighted by atomic mass is 35.5. The predicted octanol–water partition coefficient (Wildman–Crippen LogP) is 3.90. The van der Waals surface area contributed by atoms with Crippen LogP contribution in [0.25, 0.3) is 6.20 Å². The van der Waals surface area contributed by atoms with Gasteiger partial charge in [0.25, 0.3) is 0 Å². The molecule has 0 amide bonds. The third-order valence-corrected chi connectivity index (χ3v) is 2.64. The van der Waals surface area contributed by atoms with Crippen LogP contribution < -0.4 is 5.32 Å². The van der Waals surface area contributed by atoms with Crippen LogP contribution in [-0.4, -0.2) is 9.78 Å². The standard InChI is InChI=1S/C12H11Cl2N3/c1-2-17-8-9(7-16-17)6-15-12-4-10(13)3-11(14)5-12/h2-5,7-8,15H,1,6H2. The van der Waals surface area contributed by atoms with E-state index in [4.69, 9.17) is 23.2 Å². The van der Waals surface area contributed by atoms with Crippen molar-refractivity contribution < 1.29 is 0 Å². The molecule has 0 aliphatic heterocycles. The van der Waals surface area contributed by atoms with Gasteiger partial charge in [0.05, 0.1) is 6.20 Å². The average molecular weight is 268 g/mol. The summed E-state index contributed by atoms with van der Waals surface area (Å²) in [6.45, 7) is 4.29. The first kappa shape index (κ1) is 12.0. The van der Waals surface area contributed by atoms with Gasteiger partial charge in [0.1, 0.15) is 0 Å². The van der Waals surface area contributed by atoms with Crippen LogP contribution in [-0.2, 0) is 6.54 Å². The molecule has 17 heavy (non-hydrogen) atoms. The second kappa shape index (κ2) is 5.25. The third kappa shape index (κ3) is 3.25. The van der Waals surface area contributed by atoms with E-state index in [9.17, 15) is 0 Å². The number of benzene rings is 1. The quantitative estimate of drug-likeness (QED) is 0.911. The molecule has 0 unspecified atom stereocenters. The van der Waals surface area contributed by atoms with Crippen LogP contribution >= 0.6 is 23.2 Å². The van der Waals surface area contributed by atoms with Gasteiger partial charge >= 0.3 is 0 Å². The van der Waals surface area contributed by atoms with Crippen LogP contribution in [0.5, 0.6) is 0 Å². The molecule has 0 radical (unpaired) electrons. The molecular weight excluding hydrogens is 257 g/mol. The number of nitrogens with one attached hydrogen (secondary N) is 1. The molecule has 0 atom stereocenters. The maximum atomic E-state index is 5.90. The van der Waals surface area contributed by atoms with E-state index < -0.39 is 0 Å².